The van der Waals surface area contributed by atoms with Gasteiger partial charge in [0.1, 0.15) is 12.4 Å². The van der Waals surface area contributed by atoms with Gasteiger partial charge < -0.3 is 10.1 Å². The fraction of sp³-hybridized carbons (Fsp3) is 0.429. The first-order valence-corrected chi connectivity index (χ1v) is 7.93. The summed E-state index contributed by atoms with van der Waals surface area (Å²) in [6.07, 6.45) is 7.33. The Hall–Kier alpha value is -0.630. The van der Waals surface area contributed by atoms with Crippen LogP contribution in [0.15, 0.2) is 22.7 Å². The molecule has 18 heavy (non-hydrogen) atoms. The summed E-state index contributed by atoms with van der Waals surface area (Å²) in [7, 11) is 0. The quantitative estimate of drug-likeness (QED) is 0.776. The monoisotopic (exact) mass is 327 g/mol. The third-order valence-corrected chi connectivity index (χ3v) is 3.72. The first kappa shape index (κ1) is 15.4. The lowest BCUT2D eigenvalue weighted by atomic mass is 10.2. The van der Waals surface area contributed by atoms with Crippen LogP contribution in [-0.2, 0) is 6.54 Å². The molecule has 0 aliphatic carbocycles. The van der Waals surface area contributed by atoms with Crippen molar-refractivity contribution >= 4 is 27.7 Å². The van der Waals surface area contributed by atoms with Gasteiger partial charge in [0.05, 0.1) is 0 Å². The summed E-state index contributed by atoms with van der Waals surface area (Å²) in [6, 6.07) is 6.43. The van der Waals surface area contributed by atoms with Crippen LogP contribution in [0.25, 0.3) is 0 Å². The molecular formula is C14H18BrNOS. The molecule has 0 spiro atoms. The molecule has 2 nitrogen and oxygen atoms in total. The van der Waals surface area contributed by atoms with Crippen LogP contribution in [0.4, 0.5) is 0 Å². The molecule has 0 amide bonds. The second-order valence-corrected chi connectivity index (χ2v) is 5.81. The zero-order valence-corrected chi connectivity index (χ0v) is 13.1. The van der Waals surface area contributed by atoms with E-state index in [0.29, 0.717) is 12.6 Å². The van der Waals surface area contributed by atoms with Crippen molar-refractivity contribution in [2.45, 2.75) is 19.5 Å². The van der Waals surface area contributed by atoms with Gasteiger partial charge in [-0.2, -0.15) is 11.8 Å². The molecule has 4 heteroatoms. The van der Waals surface area contributed by atoms with Crippen molar-refractivity contribution < 1.29 is 4.74 Å². The van der Waals surface area contributed by atoms with E-state index >= 15 is 0 Å². The van der Waals surface area contributed by atoms with Crippen LogP contribution < -0.4 is 10.1 Å². The van der Waals surface area contributed by atoms with Gasteiger partial charge in [-0.1, -0.05) is 21.9 Å². The van der Waals surface area contributed by atoms with Gasteiger partial charge in [0.15, 0.2) is 0 Å². The Kier molecular flexibility index (Phi) is 7.26. The van der Waals surface area contributed by atoms with Crippen LogP contribution in [0.5, 0.6) is 5.75 Å². The predicted octanol–water partition coefficient (Wildman–Crippen LogP) is 3.30. The average Bonchev–Trinajstić information content (AvgIpc) is 2.35. The molecule has 0 saturated heterocycles. The van der Waals surface area contributed by atoms with E-state index in [4.69, 9.17) is 11.2 Å². The number of benzene rings is 1. The second-order valence-electron chi connectivity index (χ2n) is 3.98. The van der Waals surface area contributed by atoms with E-state index in [1.165, 1.54) is 0 Å². The van der Waals surface area contributed by atoms with Crippen molar-refractivity contribution in [1.29, 1.82) is 0 Å². The molecule has 0 saturated carbocycles. The second kappa shape index (κ2) is 8.47. The van der Waals surface area contributed by atoms with Gasteiger partial charge in [0, 0.05) is 28.4 Å². The number of ether oxygens (including phenoxy) is 1. The third-order valence-electron chi connectivity index (χ3n) is 2.39. The summed E-state index contributed by atoms with van der Waals surface area (Å²) in [5, 5.41) is 3.47. The van der Waals surface area contributed by atoms with Crippen LogP contribution in [0.3, 0.4) is 0 Å². The normalized spacial score (nSPS) is 11.9. The maximum absolute atomic E-state index is 5.53. The molecule has 1 unspecified atom stereocenters. The molecule has 98 valence electrons. The largest absolute Gasteiger partial charge is 0.481 e. The maximum Gasteiger partial charge on any atom is 0.148 e. The van der Waals surface area contributed by atoms with Crippen molar-refractivity contribution in [1.82, 2.24) is 5.32 Å². The Morgan fingerprint density at radius 2 is 2.33 bits per heavy atom. The first-order valence-electron chi connectivity index (χ1n) is 5.74. The molecule has 1 rings (SSSR count). The molecular weight excluding hydrogens is 310 g/mol. The third kappa shape index (κ3) is 5.34. The molecule has 0 aliphatic heterocycles. The van der Waals surface area contributed by atoms with Crippen molar-refractivity contribution in [3.63, 3.8) is 0 Å². The molecule has 0 bridgehead atoms. The Labute approximate surface area is 122 Å². The van der Waals surface area contributed by atoms with Crippen molar-refractivity contribution in [3.8, 4) is 18.1 Å². The Morgan fingerprint density at radius 1 is 1.56 bits per heavy atom. The number of hydrogen-bond acceptors (Lipinski definition) is 3. The van der Waals surface area contributed by atoms with Crippen molar-refractivity contribution in [2.75, 3.05) is 18.6 Å². The molecule has 0 aliphatic rings. The Balaban J connectivity index is 2.67. The molecule has 1 atom stereocenters. The van der Waals surface area contributed by atoms with Gasteiger partial charge in [-0.3, -0.25) is 0 Å². The Bertz CT molecular complexity index is 417. The highest BCUT2D eigenvalue weighted by Gasteiger charge is 2.06. The van der Waals surface area contributed by atoms with Crippen molar-refractivity contribution in [3.05, 3.63) is 28.2 Å². The predicted molar refractivity (Wildman–Crippen MR) is 83.2 cm³/mol. The van der Waals surface area contributed by atoms with E-state index < -0.39 is 0 Å². The lowest BCUT2D eigenvalue weighted by Crippen LogP contribution is -2.27. The van der Waals surface area contributed by atoms with Crippen LogP contribution in [0.2, 0.25) is 0 Å². The molecule has 0 fully saturated rings. The number of nitrogens with one attached hydrogen (secondary N) is 1. The van der Waals surface area contributed by atoms with E-state index in [1.54, 1.807) is 0 Å². The maximum atomic E-state index is 5.53. The van der Waals surface area contributed by atoms with E-state index in [9.17, 15) is 0 Å². The van der Waals surface area contributed by atoms with Crippen LogP contribution in [0.1, 0.15) is 12.5 Å². The number of hydrogen-bond donors (Lipinski definition) is 1. The van der Waals surface area contributed by atoms with Gasteiger partial charge in [0.2, 0.25) is 0 Å². The smallest absolute Gasteiger partial charge is 0.148 e. The molecule has 1 aromatic carbocycles. The molecule has 0 aromatic heterocycles. The van der Waals surface area contributed by atoms with Crippen LogP contribution in [0, 0.1) is 12.3 Å². The highest BCUT2D eigenvalue weighted by molar-refractivity contribution is 9.10. The van der Waals surface area contributed by atoms with E-state index in [2.05, 4.69) is 46.4 Å². The van der Waals surface area contributed by atoms with Crippen LogP contribution >= 0.6 is 27.7 Å². The topological polar surface area (TPSA) is 21.3 Å². The molecule has 0 radical (unpaired) electrons. The minimum atomic E-state index is 0.301. The first-order chi connectivity index (χ1) is 8.67. The fourth-order valence-electron chi connectivity index (χ4n) is 1.54. The SMILES string of the molecule is C#CCOc1ccc(Br)cc1CNC(C)CSC. The fourth-order valence-corrected chi connectivity index (χ4v) is 2.57. The van der Waals surface area contributed by atoms with Gasteiger partial charge in [-0.05, 0) is 31.4 Å². The van der Waals surface area contributed by atoms with Crippen LogP contribution in [-0.4, -0.2) is 24.7 Å². The summed E-state index contributed by atoms with van der Waals surface area (Å²) in [5.41, 5.74) is 1.12. The van der Waals surface area contributed by atoms with Crippen molar-refractivity contribution in [2.24, 2.45) is 0 Å². The van der Waals surface area contributed by atoms with Gasteiger partial charge in [0.25, 0.3) is 0 Å². The van der Waals surface area contributed by atoms with E-state index in [1.807, 2.05) is 23.9 Å². The van der Waals surface area contributed by atoms with Gasteiger partial charge in [-0.25, -0.2) is 0 Å². The number of thioether (sulfide) groups is 1. The minimum Gasteiger partial charge on any atom is -0.481 e. The minimum absolute atomic E-state index is 0.301. The highest BCUT2D eigenvalue weighted by Crippen LogP contribution is 2.23. The summed E-state index contributed by atoms with van der Waals surface area (Å²) in [5.74, 6) is 4.42. The van der Waals surface area contributed by atoms with E-state index in [0.717, 1.165) is 28.1 Å². The molecule has 1 aromatic rings. The summed E-state index contributed by atoms with van der Waals surface area (Å²) in [6.45, 7) is 3.26. The average molecular weight is 328 g/mol. The lowest BCUT2D eigenvalue weighted by Gasteiger charge is -2.15. The Morgan fingerprint density at radius 3 is 3.00 bits per heavy atom. The summed E-state index contributed by atoms with van der Waals surface area (Å²) >= 11 is 5.31. The highest BCUT2D eigenvalue weighted by atomic mass is 79.9. The van der Waals surface area contributed by atoms with Gasteiger partial charge >= 0.3 is 0 Å². The lowest BCUT2D eigenvalue weighted by molar-refractivity contribution is 0.364. The molecule has 0 heterocycles. The standard InChI is InChI=1S/C14H18BrNOS/c1-4-7-17-14-6-5-13(15)8-12(14)9-16-11(2)10-18-3/h1,5-6,8,11,16H,7,9-10H2,2-3H3. The van der Waals surface area contributed by atoms with E-state index in [-0.39, 0.29) is 0 Å². The molecule has 1 N–H and O–H groups in total. The zero-order chi connectivity index (χ0) is 13.4. The number of terminal acetylenes is 1. The number of rotatable bonds is 7. The van der Waals surface area contributed by atoms with Gasteiger partial charge in [-0.15, -0.1) is 6.42 Å². The summed E-state index contributed by atoms with van der Waals surface area (Å²) < 4.78 is 6.58. The summed E-state index contributed by atoms with van der Waals surface area (Å²) in [4.78, 5) is 0. The zero-order valence-electron chi connectivity index (χ0n) is 10.7. The number of halogens is 1.